The number of aliphatic hydroxyl groups is 4. The van der Waals surface area contributed by atoms with Gasteiger partial charge in [-0.15, -0.1) is 0 Å². The maximum absolute atomic E-state index is 10.7. The first-order chi connectivity index (χ1) is 7.88. The summed E-state index contributed by atoms with van der Waals surface area (Å²) in [5, 5.41) is 45.8. The number of ether oxygens (including phenoxy) is 2. The normalized spacial score (nSPS) is 39.9. The Morgan fingerprint density at radius 2 is 1.88 bits per heavy atom. The molecule has 0 aromatic heterocycles. The van der Waals surface area contributed by atoms with Crippen LogP contribution in [0.4, 0.5) is 0 Å². The van der Waals surface area contributed by atoms with Gasteiger partial charge in [0, 0.05) is 0 Å². The first-order valence-electron chi connectivity index (χ1n) is 5.07. The fraction of sp³-hybridized carbons (Fsp3) is 0.889. The first kappa shape index (κ1) is 14.3. The van der Waals surface area contributed by atoms with Gasteiger partial charge in [0.15, 0.2) is 12.4 Å². The molecule has 0 amide bonds. The van der Waals surface area contributed by atoms with E-state index in [4.69, 9.17) is 19.7 Å². The van der Waals surface area contributed by atoms with E-state index in [9.17, 15) is 20.1 Å². The highest BCUT2D eigenvalue weighted by atomic mass is 16.7. The molecule has 0 radical (unpaired) electrons. The molecule has 8 heteroatoms. The van der Waals surface area contributed by atoms with Gasteiger partial charge in [-0.05, 0) is 6.92 Å². The van der Waals surface area contributed by atoms with Crippen LogP contribution < -0.4 is 0 Å². The third kappa shape index (κ3) is 3.12. The second kappa shape index (κ2) is 5.71. The lowest BCUT2D eigenvalue weighted by Crippen LogP contribution is -2.60. The summed E-state index contributed by atoms with van der Waals surface area (Å²) >= 11 is 0. The number of hydrogen-bond acceptors (Lipinski definition) is 7. The lowest BCUT2D eigenvalue weighted by molar-refractivity contribution is -0.304. The minimum absolute atomic E-state index is 0.358. The van der Waals surface area contributed by atoms with Gasteiger partial charge in [0.1, 0.15) is 18.3 Å². The van der Waals surface area contributed by atoms with E-state index < -0.39 is 42.8 Å². The van der Waals surface area contributed by atoms with Gasteiger partial charge in [-0.2, -0.15) is 0 Å². The Morgan fingerprint density at radius 1 is 1.29 bits per heavy atom. The third-order valence-corrected chi connectivity index (χ3v) is 2.44. The van der Waals surface area contributed by atoms with Crippen LogP contribution in [0.15, 0.2) is 0 Å². The van der Waals surface area contributed by atoms with Gasteiger partial charge in [-0.3, -0.25) is 0 Å². The third-order valence-electron chi connectivity index (χ3n) is 2.44. The van der Waals surface area contributed by atoms with E-state index in [2.05, 4.69) is 0 Å². The predicted molar refractivity (Wildman–Crippen MR) is 52.0 cm³/mol. The summed E-state index contributed by atoms with van der Waals surface area (Å²) in [7, 11) is 0. The molecule has 1 aliphatic rings. The highest BCUT2D eigenvalue weighted by molar-refractivity contribution is 5.73. The van der Waals surface area contributed by atoms with Gasteiger partial charge < -0.3 is 35.0 Å². The number of aliphatic carboxylic acids is 1. The second-order valence-corrected chi connectivity index (χ2v) is 3.86. The number of aliphatic hydroxyl groups excluding tert-OH is 4. The Morgan fingerprint density at radius 3 is 2.35 bits per heavy atom. The smallest absolute Gasteiger partial charge is 0.335 e. The van der Waals surface area contributed by atoms with Gasteiger partial charge in [0.25, 0.3) is 0 Å². The topological polar surface area (TPSA) is 137 Å². The fourth-order valence-corrected chi connectivity index (χ4v) is 1.44. The Labute approximate surface area is 97.0 Å². The largest absolute Gasteiger partial charge is 0.479 e. The zero-order valence-corrected chi connectivity index (χ0v) is 9.13. The number of hydrogen-bond donors (Lipinski definition) is 5. The summed E-state index contributed by atoms with van der Waals surface area (Å²) in [5.41, 5.74) is 0. The van der Waals surface area contributed by atoms with Gasteiger partial charge in [-0.25, -0.2) is 4.79 Å². The van der Waals surface area contributed by atoms with E-state index in [0.29, 0.717) is 0 Å². The molecule has 5 N–H and O–H groups in total. The van der Waals surface area contributed by atoms with Crippen molar-refractivity contribution in [1.82, 2.24) is 0 Å². The summed E-state index contributed by atoms with van der Waals surface area (Å²) in [6.07, 6.45) is -8.84. The van der Waals surface area contributed by atoms with Crippen LogP contribution in [0.2, 0.25) is 0 Å². The molecule has 8 nitrogen and oxygen atoms in total. The van der Waals surface area contributed by atoms with Gasteiger partial charge in [0.2, 0.25) is 0 Å². The molecule has 0 bridgehead atoms. The van der Waals surface area contributed by atoms with Crippen molar-refractivity contribution in [3.05, 3.63) is 0 Å². The van der Waals surface area contributed by atoms with E-state index in [-0.39, 0.29) is 6.61 Å². The Bertz CT molecular complexity index is 270. The molecule has 1 heterocycles. The molecule has 1 saturated heterocycles. The highest BCUT2D eigenvalue weighted by Gasteiger charge is 2.47. The van der Waals surface area contributed by atoms with E-state index in [1.807, 2.05) is 0 Å². The van der Waals surface area contributed by atoms with Gasteiger partial charge in [0.05, 0.1) is 12.7 Å². The van der Waals surface area contributed by atoms with Gasteiger partial charge >= 0.3 is 5.97 Å². The quantitative estimate of drug-likeness (QED) is 0.364. The fourth-order valence-electron chi connectivity index (χ4n) is 1.44. The van der Waals surface area contributed by atoms with Gasteiger partial charge in [-0.1, -0.05) is 0 Å². The molecule has 17 heavy (non-hydrogen) atoms. The first-order valence-corrected chi connectivity index (χ1v) is 5.07. The van der Waals surface area contributed by atoms with Crippen LogP contribution in [0.1, 0.15) is 6.92 Å². The van der Waals surface area contributed by atoms with Crippen molar-refractivity contribution in [2.24, 2.45) is 0 Å². The Balaban J connectivity index is 2.74. The summed E-state index contributed by atoms with van der Waals surface area (Å²) < 4.78 is 9.82. The highest BCUT2D eigenvalue weighted by Crippen LogP contribution is 2.23. The number of carboxylic acid groups (broad SMARTS) is 1. The lowest BCUT2D eigenvalue weighted by atomic mass is 9.99. The van der Waals surface area contributed by atoms with Crippen molar-refractivity contribution in [2.75, 3.05) is 6.61 Å². The molecule has 1 aliphatic heterocycles. The number of rotatable bonds is 4. The standard InChI is InChI=1S/C9H16O8/c1-3(2-10)16-9-6(13)4(11)5(12)7(17-9)8(14)15/h3-7,9-13H,2H2,1H3,(H,14,15)/t3?,4?,5-,6-,7?,9+/m0/s1. The van der Waals surface area contributed by atoms with Crippen molar-refractivity contribution in [2.45, 2.75) is 43.7 Å². The number of carboxylic acids is 1. The van der Waals surface area contributed by atoms with E-state index in [0.717, 1.165) is 0 Å². The maximum Gasteiger partial charge on any atom is 0.335 e. The van der Waals surface area contributed by atoms with Crippen LogP contribution >= 0.6 is 0 Å². The minimum Gasteiger partial charge on any atom is -0.479 e. The van der Waals surface area contributed by atoms with E-state index in [1.165, 1.54) is 6.92 Å². The zero-order chi connectivity index (χ0) is 13.2. The lowest BCUT2D eigenvalue weighted by Gasteiger charge is -2.39. The number of carbonyl (C=O) groups is 1. The summed E-state index contributed by atoms with van der Waals surface area (Å²) in [6.45, 7) is 1.12. The Kier molecular flexibility index (Phi) is 4.80. The van der Waals surface area contributed by atoms with Crippen molar-refractivity contribution in [3.63, 3.8) is 0 Å². The Hall–Kier alpha value is -0.770. The molecule has 0 spiro atoms. The average molecular weight is 252 g/mol. The molecular formula is C9H16O8. The van der Waals surface area contributed by atoms with Crippen molar-refractivity contribution in [3.8, 4) is 0 Å². The molecule has 100 valence electrons. The van der Waals surface area contributed by atoms with E-state index in [1.54, 1.807) is 0 Å². The SMILES string of the molecule is CC(CO)O[C@@H]1OC(C(=O)O)[C@@H](O)C(O)[C@@H]1O. The van der Waals surface area contributed by atoms with E-state index >= 15 is 0 Å². The van der Waals surface area contributed by atoms with Crippen molar-refractivity contribution >= 4 is 5.97 Å². The maximum atomic E-state index is 10.7. The van der Waals surface area contributed by atoms with Crippen LogP contribution in [-0.2, 0) is 14.3 Å². The van der Waals surface area contributed by atoms with Crippen molar-refractivity contribution in [1.29, 1.82) is 0 Å². The van der Waals surface area contributed by atoms with Crippen LogP contribution in [-0.4, -0.2) is 74.9 Å². The summed E-state index contributed by atoms with van der Waals surface area (Å²) in [4.78, 5) is 10.7. The molecular weight excluding hydrogens is 236 g/mol. The molecule has 0 aromatic rings. The molecule has 0 aromatic carbocycles. The van der Waals surface area contributed by atoms with Crippen LogP contribution in [0, 0.1) is 0 Å². The molecule has 0 aliphatic carbocycles. The second-order valence-electron chi connectivity index (χ2n) is 3.86. The predicted octanol–water partition coefficient (Wildman–Crippen LogP) is -2.72. The molecule has 1 rings (SSSR count). The summed E-state index contributed by atoms with van der Waals surface area (Å²) in [5.74, 6) is -1.48. The zero-order valence-electron chi connectivity index (χ0n) is 9.13. The summed E-state index contributed by atoms with van der Waals surface area (Å²) in [6, 6.07) is 0. The van der Waals surface area contributed by atoms with Crippen LogP contribution in [0.25, 0.3) is 0 Å². The molecule has 1 fully saturated rings. The average Bonchev–Trinajstić information content (AvgIpc) is 2.29. The van der Waals surface area contributed by atoms with Crippen LogP contribution in [0.3, 0.4) is 0 Å². The molecule has 6 atom stereocenters. The monoisotopic (exact) mass is 252 g/mol. The van der Waals surface area contributed by atoms with Crippen molar-refractivity contribution < 1.29 is 39.8 Å². The minimum atomic E-state index is -1.74. The molecule has 0 saturated carbocycles. The van der Waals surface area contributed by atoms with Crippen LogP contribution in [0.5, 0.6) is 0 Å². The molecule has 3 unspecified atom stereocenters.